The molecule has 0 atom stereocenters. The average molecular weight is 445 g/mol. The molecule has 33 heavy (non-hydrogen) atoms. The molecule has 1 aromatic carbocycles. The Morgan fingerprint density at radius 2 is 1.94 bits per heavy atom. The zero-order valence-electron chi connectivity index (χ0n) is 18.3. The molecule has 1 fully saturated rings. The number of methoxy groups -OCH3 is 2. The van der Waals surface area contributed by atoms with E-state index in [-0.39, 0.29) is 12.3 Å². The lowest BCUT2D eigenvalue weighted by atomic mass is 10.2. The highest BCUT2D eigenvalue weighted by Gasteiger charge is 2.25. The number of aromatic nitrogens is 4. The number of hydrogen-bond acceptors (Lipinski definition) is 7. The molecule has 1 aliphatic rings. The Morgan fingerprint density at radius 1 is 1.06 bits per heavy atom. The molecule has 5 rings (SSSR count). The van der Waals surface area contributed by atoms with Gasteiger partial charge >= 0.3 is 0 Å². The van der Waals surface area contributed by atoms with Crippen molar-refractivity contribution < 1.29 is 19.0 Å². The van der Waals surface area contributed by atoms with Crippen LogP contribution in [0.3, 0.4) is 0 Å². The van der Waals surface area contributed by atoms with E-state index < -0.39 is 0 Å². The molecule has 1 amide bonds. The third-order valence-electron chi connectivity index (χ3n) is 5.47. The Hall–Kier alpha value is -4.14. The van der Waals surface area contributed by atoms with E-state index in [9.17, 15) is 4.79 Å². The van der Waals surface area contributed by atoms with Crippen LogP contribution in [0.2, 0.25) is 0 Å². The van der Waals surface area contributed by atoms with Gasteiger partial charge in [0.15, 0.2) is 5.82 Å². The predicted molar refractivity (Wildman–Crippen MR) is 122 cm³/mol. The van der Waals surface area contributed by atoms with Gasteiger partial charge in [-0.3, -0.25) is 19.9 Å². The number of aromatic amines is 1. The van der Waals surface area contributed by atoms with Gasteiger partial charge in [-0.25, -0.2) is 0 Å². The highest BCUT2D eigenvalue weighted by atomic mass is 16.5. The summed E-state index contributed by atoms with van der Waals surface area (Å²) in [5, 5.41) is 10.7. The molecule has 1 aliphatic carbocycles. The fraction of sp³-hybridized carbons (Fsp3) is 0.250. The van der Waals surface area contributed by atoms with Crippen molar-refractivity contribution in [1.29, 1.82) is 0 Å². The number of nitrogens with zero attached hydrogens (tertiary/aromatic N) is 3. The van der Waals surface area contributed by atoms with E-state index in [0.29, 0.717) is 40.4 Å². The van der Waals surface area contributed by atoms with Crippen molar-refractivity contribution in [2.24, 2.45) is 0 Å². The zero-order valence-corrected chi connectivity index (χ0v) is 18.3. The van der Waals surface area contributed by atoms with Crippen molar-refractivity contribution in [2.75, 3.05) is 19.5 Å². The number of ether oxygens (including phenoxy) is 3. The molecule has 3 heterocycles. The molecule has 0 saturated heterocycles. The maximum absolute atomic E-state index is 12.5. The lowest BCUT2D eigenvalue weighted by molar-refractivity contribution is -0.115. The van der Waals surface area contributed by atoms with Crippen molar-refractivity contribution in [1.82, 2.24) is 20.2 Å². The van der Waals surface area contributed by atoms with Crippen LogP contribution in [0.4, 0.5) is 5.82 Å². The van der Waals surface area contributed by atoms with Crippen LogP contribution in [0, 0.1) is 0 Å². The maximum atomic E-state index is 12.5. The summed E-state index contributed by atoms with van der Waals surface area (Å²) in [6.45, 7) is 0. The maximum Gasteiger partial charge on any atom is 0.231 e. The summed E-state index contributed by atoms with van der Waals surface area (Å²) in [6.07, 6.45) is 5.61. The normalized spacial score (nSPS) is 13.0. The third-order valence-corrected chi connectivity index (χ3v) is 5.47. The summed E-state index contributed by atoms with van der Waals surface area (Å²) in [7, 11) is 3.14. The number of fused-ring (bicyclic) bond motifs is 1. The van der Waals surface area contributed by atoms with E-state index in [2.05, 4.69) is 25.5 Å². The summed E-state index contributed by atoms with van der Waals surface area (Å²) < 4.78 is 16.8. The van der Waals surface area contributed by atoms with Gasteiger partial charge in [-0.15, -0.1) is 0 Å². The predicted octanol–water partition coefficient (Wildman–Crippen LogP) is 4.22. The Morgan fingerprint density at radius 3 is 2.73 bits per heavy atom. The summed E-state index contributed by atoms with van der Waals surface area (Å²) in [5.41, 5.74) is 2.34. The molecule has 0 aliphatic heterocycles. The van der Waals surface area contributed by atoms with Crippen LogP contribution in [0.5, 0.6) is 23.0 Å². The Balaban J connectivity index is 1.31. The number of carbonyl (C=O) groups excluding carboxylic acids is 1. The fourth-order valence-electron chi connectivity index (χ4n) is 3.61. The number of benzene rings is 1. The minimum absolute atomic E-state index is 0.0461. The molecule has 0 unspecified atom stereocenters. The van der Waals surface area contributed by atoms with Crippen LogP contribution >= 0.6 is 0 Å². The summed E-state index contributed by atoms with van der Waals surface area (Å²) in [6, 6.07) is 10.9. The van der Waals surface area contributed by atoms with Crippen molar-refractivity contribution in [3.8, 4) is 23.0 Å². The zero-order chi connectivity index (χ0) is 22.8. The molecular weight excluding hydrogens is 422 g/mol. The first-order valence-corrected chi connectivity index (χ1v) is 10.6. The third kappa shape index (κ3) is 4.57. The summed E-state index contributed by atoms with van der Waals surface area (Å²) in [4.78, 5) is 21.3. The van der Waals surface area contributed by atoms with Gasteiger partial charge in [0.25, 0.3) is 0 Å². The topological polar surface area (TPSA) is 111 Å². The first-order chi connectivity index (χ1) is 16.1. The lowest BCUT2D eigenvalue weighted by Crippen LogP contribution is -2.16. The van der Waals surface area contributed by atoms with Crippen LogP contribution in [-0.4, -0.2) is 40.3 Å². The van der Waals surface area contributed by atoms with Gasteiger partial charge in [-0.05, 0) is 37.1 Å². The van der Waals surface area contributed by atoms with Crippen molar-refractivity contribution in [3.63, 3.8) is 0 Å². The SMILES string of the molecule is COc1ccc2nccc(Oc3cnc(CC(=O)Nc4cc(C5CC5)[nH]n4)c(OC)c3)c2c1. The van der Waals surface area contributed by atoms with E-state index in [1.807, 2.05) is 24.3 Å². The molecule has 9 heteroatoms. The highest BCUT2D eigenvalue weighted by Crippen LogP contribution is 2.39. The quantitative estimate of drug-likeness (QED) is 0.418. The number of nitrogens with one attached hydrogen (secondary N) is 2. The first-order valence-electron chi connectivity index (χ1n) is 10.6. The molecule has 3 aromatic heterocycles. The largest absolute Gasteiger partial charge is 0.497 e. The second-order valence-electron chi connectivity index (χ2n) is 7.82. The highest BCUT2D eigenvalue weighted by molar-refractivity contribution is 5.91. The van der Waals surface area contributed by atoms with Gasteiger partial charge < -0.3 is 19.5 Å². The fourth-order valence-corrected chi connectivity index (χ4v) is 3.61. The molecule has 0 bridgehead atoms. The van der Waals surface area contributed by atoms with Gasteiger partial charge in [-0.2, -0.15) is 5.10 Å². The molecule has 0 radical (unpaired) electrons. The number of carbonyl (C=O) groups is 1. The van der Waals surface area contributed by atoms with Gasteiger partial charge in [-0.1, -0.05) is 0 Å². The number of rotatable bonds is 8. The second kappa shape index (κ2) is 8.78. The first kappa shape index (κ1) is 20.7. The van der Waals surface area contributed by atoms with Crippen LogP contribution in [-0.2, 0) is 11.2 Å². The molecule has 2 N–H and O–H groups in total. The second-order valence-corrected chi connectivity index (χ2v) is 7.82. The number of anilines is 1. The number of H-pyrrole nitrogens is 1. The molecule has 4 aromatic rings. The molecule has 168 valence electrons. The average Bonchev–Trinajstić information content (AvgIpc) is 3.59. The smallest absolute Gasteiger partial charge is 0.231 e. The van der Waals surface area contributed by atoms with Crippen LogP contribution in [0.15, 0.2) is 48.8 Å². The Bertz CT molecular complexity index is 1320. The molecule has 1 saturated carbocycles. The number of pyridine rings is 2. The lowest BCUT2D eigenvalue weighted by Gasteiger charge is -2.12. The van der Waals surface area contributed by atoms with E-state index in [1.54, 1.807) is 31.6 Å². The summed E-state index contributed by atoms with van der Waals surface area (Å²) >= 11 is 0. The van der Waals surface area contributed by atoms with Gasteiger partial charge in [0.05, 0.1) is 38.0 Å². The summed E-state index contributed by atoms with van der Waals surface area (Å²) in [5.74, 6) is 3.08. The minimum atomic E-state index is -0.226. The number of hydrogen-bond donors (Lipinski definition) is 2. The standard InChI is InChI=1S/C24H23N5O4/c1-31-15-5-6-18-17(9-15)21(7-8-25-18)33-16-10-22(32-2)20(26-13-16)12-24(30)27-23-11-19(28-29-23)14-3-4-14/h5-11,13-14H,3-4,12H2,1-2H3,(H2,27,28,29,30). The van der Waals surface area contributed by atoms with Crippen molar-refractivity contribution >= 4 is 22.6 Å². The van der Waals surface area contributed by atoms with E-state index in [1.165, 1.54) is 7.11 Å². The van der Waals surface area contributed by atoms with Crippen molar-refractivity contribution in [3.05, 3.63) is 60.2 Å². The monoisotopic (exact) mass is 445 g/mol. The van der Waals surface area contributed by atoms with E-state index >= 15 is 0 Å². The van der Waals surface area contributed by atoms with E-state index in [4.69, 9.17) is 14.2 Å². The van der Waals surface area contributed by atoms with E-state index in [0.717, 1.165) is 29.4 Å². The Labute approximate surface area is 190 Å². The van der Waals surface area contributed by atoms with Gasteiger partial charge in [0, 0.05) is 35.3 Å². The van der Waals surface area contributed by atoms with Crippen LogP contribution in [0.25, 0.3) is 10.9 Å². The molecule has 0 spiro atoms. The van der Waals surface area contributed by atoms with Gasteiger partial charge in [0.2, 0.25) is 5.91 Å². The van der Waals surface area contributed by atoms with Crippen LogP contribution < -0.4 is 19.5 Å². The minimum Gasteiger partial charge on any atom is -0.497 e. The number of amides is 1. The van der Waals surface area contributed by atoms with Gasteiger partial charge in [0.1, 0.15) is 23.0 Å². The Kier molecular flexibility index (Phi) is 5.52. The van der Waals surface area contributed by atoms with Crippen molar-refractivity contribution in [2.45, 2.75) is 25.2 Å². The van der Waals surface area contributed by atoms with Crippen LogP contribution in [0.1, 0.15) is 30.1 Å². The molecule has 9 nitrogen and oxygen atoms in total. The molecular formula is C24H23N5O4.